The first kappa shape index (κ1) is 9.50. The summed E-state index contributed by atoms with van der Waals surface area (Å²) in [4.78, 5) is 1.67. The van der Waals surface area contributed by atoms with Crippen molar-refractivity contribution in [2.24, 2.45) is 0 Å². The molecule has 0 aliphatic carbocycles. The van der Waals surface area contributed by atoms with Crippen LogP contribution in [0.3, 0.4) is 0 Å². The van der Waals surface area contributed by atoms with E-state index in [-0.39, 0.29) is 24.0 Å². The Hall–Kier alpha value is 0.200. The van der Waals surface area contributed by atoms with E-state index in [4.69, 9.17) is 5.41 Å². The molecule has 0 amide bonds. The number of rotatable bonds is 1. The third-order valence-electron chi connectivity index (χ3n) is 0.258. The van der Waals surface area contributed by atoms with E-state index < -0.39 is 0 Å². The zero-order chi connectivity index (χ0) is 4.28. The lowest BCUT2D eigenvalue weighted by molar-refractivity contribution is 0.639. The predicted octanol–water partition coefficient (Wildman–Crippen LogP) is 0.773. The molecular formula is C3H9IN2. The van der Waals surface area contributed by atoms with Gasteiger partial charge in [0.15, 0.2) is 0 Å². The van der Waals surface area contributed by atoms with Crippen LogP contribution in [0.2, 0.25) is 0 Å². The molecule has 0 aliphatic heterocycles. The van der Waals surface area contributed by atoms with Gasteiger partial charge < -0.3 is 4.90 Å². The molecule has 0 unspecified atom stereocenters. The largest absolute Gasteiger partial charge is 0.369 e. The average Bonchev–Trinajstić information content (AvgIpc) is 1.38. The van der Waals surface area contributed by atoms with Crippen molar-refractivity contribution in [3.8, 4) is 0 Å². The van der Waals surface area contributed by atoms with E-state index in [0.29, 0.717) is 0 Å². The lowest BCUT2D eigenvalue weighted by Crippen LogP contribution is -2.05. The van der Waals surface area contributed by atoms with E-state index >= 15 is 0 Å². The molecule has 0 atom stereocenters. The first-order valence-corrected chi connectivity index (χ1v) is 1.44. The van der Waals surface area contributed by atoms with E-state index in [2.05, 4.69) is 0 Å². The molecule has 0 aromatic heterocycles. The summed E-state index contributed by atoms with van der Waals surface area (Å²) in [5.74, 6) is 0. The highest BCUT2D eigenvalue weighted by Gasteiger charge is 1.64. The molecule has 6 heavy (non-hydrogen) atoms. The van der Waals surface area contributed by atoms with Crippen molar-refractivity contribution in [3.63, 3.8) is 0 Å². The molecule has 38 valence electrons. The van der Waals surface area contributed by atoms with Gasteiger partial charge in [-0.25, -0.2) is 0 Å². The highest BCUT2D eigenvalue weighted by Crippen LogP contribution is 1.53. The molecule has 0 aromatic carbocycles. The second kappa shape index (κ2) is 5.20. The Kier molecular flexibility index (Phi) is 8.24. The fraction of sp³-hybridized carbons (Fsp3) is 0.667. The van der Waals surface area contributed by atoms with Crippen molar-refractivity contribution in [2.75, 3.05) is 14.1 Å². The first-order valence-electron chi connectivity index (χ1n) is 1.44. The van der Waals surface area contributed by atoms with Gasteiger partial charge in [-0.2, -0.15) is 0 Å². The van der Waals surface area contributed by atoms with Gasteiger partial charge in [-0.3, -0.25) is 5.41 Å². The third-order valence-corrected chi connectivity index (χ3v) is 0.258. The van der Waals surface area contributed by atoms with Gasteiger partial charge in [-0.1, -0.05) is 0 Å². The van der Waals surface area contributed by atoms with E-state index in [9.17, 15) is 0 Å². The topological polar surface area (TPSA) is 27.1 Å². The van der Waals surface area contributed by atoms with Gasteiger partial charge in [-0.05, 0) is 0 Å². The summed E-state index contributed by atoms with van der Waals surface area (Å²) in [5.41, 5.74) is 0. The van der Waals surface area contributed by atoms with Crippen molar-refractivity contribution in [1.82, 2.24) is 4.90 Å². The fourth-order valence-electron chi connectivity index (χ4n) is 0. The summed E-state index contributed by atoms with van der Waals surface area (Å²) in [7, 11) is 3.62. The lowest BCUT2D eigenvalue weighted by Gasteiger charge is -1.96. The van der Waals surface area contributed by atoms with Gasteiger partial charge in [0.2, 0.25) is 0 Å². The van der Waals surface area contributed by atoms with Gasteiger partial charge in [0.05, 0.1) is 6.34 Å². The number of halogens is 1. The van der Waals surface area contributed by atoms with Crippen molar-refractivity contribution in [3.05, 3.63) is 0 Å². The smallest absolute Gasteiger partial charge is 0.0812 e. The quantitative estimate of drug-likeness (QED) is 0.378. The number of hydrogen-bond donors (Lipinski definition) is 1. The summed E-state index contributed by atoms with van der Waals surface area (Å²) in [5, 5.41) is 6.46. The fourth-order valence-corrected chi connectivity index (χ4v) is 0. The monoisotopic (exact) mass is 200 g/mol. The molecule has 0 radical (unpaired) electrons. The Balaban J connectivity index is 0. The van der Waals surface area contributed by atoms with Crippen LogP contribution in [0.5, 0.6) is 0 Å². The molecule has 0 aromatic rings. The van der Waals surface area contributed by atoms with Crippen LogP contribution in [0.25, 0.3) is 0 Å². The maximum Gasteiger partial charge on any atom is 0.0812 e. The molecule has 0 saturated carbocycles. The van der Waals surface area contributed by atoms with Crippen molar-refractivity contribution in [2.45, 2.75) is 0 Å². The molecule has 1 N–H and O–H groups in total. The lowest BCUT2D eigenvalue weighted by atomic mass is 11.0. The maximum absolute atomic E-state index is 6.46. The van der Waals surface area contributed by atoms with Crippen LogP contribution in [0.1, 0.15) is 0 Å². The SMILES string of the molecule is CN(C)C=N.I. The van der Waals surface area contributed by atoms with Crippen molar-refractivity contribution in [1.29, 1.82) is 5.41 Å². The molecule has 0 rings (SSSR count). The molecular weight excluding hydrogens is 191 g/mol. The highest BCUT2D eigenvalue weighted by atomic mass is 127. The van der Waals surface area contributed by atoms with Crippen LogP contribution < -0.4 is 0 Å². The number of hydrogen-bond acceptors (Lipinski definition) is 1. The molecule has 3 heteroatoms. The van der Waals surface area contributed by atoms with E-state index in [1.54, 1.807) is 4.90 Å². The van der Waals surface area contributed by atoms with Gasteiger partial charge >= 0.3 is 0 Å². The van der Waals surface area contributed by atoms with E-state index in [0.717, 1.165) is 0 Å². The Morgan fingerprint density at radius 1 is 1.50 bits per heavy atom. The standard InChI is InChI=1S/C3H8N2.HI/c1-5(2)3-4;/h3-4H,1-2H3;1H. The zero-order valence-corrected chi connectivity index (χ0v) is 6.26. The molecule has 0 bridgehead atoms. The van der Waals surface area contributed by atoms with Crippen LogP contribution >= 0.6 is 24.0 Å². The van der Waals surface area contributed by atoms with E-state index in [1.165, 1.54) is 6.34 Å². The summed E-state index contributed by atoms with van der Waals surface area (Å²) < 4.78 is 0. The molecule has 2 nitrogen and oxygen atoms in total. The minimum atomic E-state index is 0. The Morgan fingerprint density at radius 3 is 1.67 bits per heavy atom. The summed E-state index contributed by atoms with van der Waals surface area (Å²) in [6.45, 7) is 0. The van der Waals surface area contributed by atoms with Gasteiger partial charge in [0.1, 0.15) is 0 Å². The van der Waals surface area contributed by atoms with Crippen LogP contribution in [0, 0.1) is 5.41 Å². The van der Waals surface area contributed by atoms with Crippen molar-refractivity contribution < 1.29 is 0 Å². The number of nitrogens with zero attached hydrogens (tertiary/aromatic N) is 1. The van der Waals surface area contributed by atoms with Crippen LogP contribution in [-0.4, -0.2) is 25.3 Å². The number of nitrogens with one attached hydrogen (secondary N) is 1. The second-order valence-corrected chi connectivity index (χ2v) is 1.09. The van der Waals surface area contributed by atoms with Gasteiger partial charge in [-0.15, -0.1) is 24.0 Å². The highest BCUT2D eigenvalue weighted by molar-refractivity contribution is 14.0. The maximum atomic E-state index is 6.46. The Labute approximate surface area is 55.1 Å². The summed E-state index contributed by atoms with van der Waals surface area (Å²) in [6.07, 6.45) is 1.25. The Bertz CT molecular complexity index is 35.8. The molecule has 0 heterocycles. The second-order valence-electron chi connectivity index (χ2n) is 1.09. The van der Waals surface area contributed by atoms with E-state index in [1.807, 2.05) is 14.1 Å². The summed E-state index contributed by atoms with van der Waals surface area (Å²) >= 11 is 0. The molecule has 0 aliphatic rings. The predicted molar refractivity (Wildman–Crippen MR) is 37.9 cm³/mol. The third kappa shape index (κ3) is 8.89. The molecule has 0 spiro atoms. The van der Waals surface area contributed by atoms with Crippen LogP contribution in [0.4, 0.5) is 0 Å². The Morgan fingerprint density at radius 2 is 1.67 bits per heavy atom. The van der Waals surface area contributed by atoms with Gasteiger partial charge in [0.25, 0.3) is 0 Å². The average molecular weight is 200 g/mol. The van der Waals surface area contributed by atoms with Crippen LogP contribution in [0.15, 0.2) is 0 Å². The minimum absolute atomic E-state index is 0. The first-order chi connectivity index (χ1) is 2.27. The van der Waals surface area contributed by atoms with Crippen LogP contribution in [-0.2, 0) is 0 Å². The van der Waals surface area contributed by atoms with Gasteiger partial charge in [0, 0.05) is 14.1 Å². The molecule has 0 saturated heterocycles. The normalized spacial score (nSPS) is 5.67. The minimum Gasteiger partial charge on any atom is -0.369 e. The van der Waals surface area contributed by atoms with Crippen molar-refractivity contribution >= 4 is 30.3 Å². The zero-order valence-electron chi connectivity index (χ0n) is 3.93. The summed E-state index contributed by atoms with van der Waals surface area (Å²) in [6, 6.07) is 0. The molecule has 0 fully saturated rings.